The summed E-state index contributed by atoms with van der Waals surface area (Å²) in [7, 11) is 0. The number of hydrogen-bond acceptors (Lipinski definition) is 5. The highest BCUT2D eigenvalue weighted by Crippen LogP contribution is 2.08. The van der Waals surface area contributed by atoms with Gasteiger partial charge in [0.1, 0.15) is 6.07 Å². The van der Waals surface area contributed by atoms with Crippen LogP contribution in [-0.4, -0.2) is 29.6 Å². The molecule has 1 rings (SSSR count). The van der Waals surface area contributed by atoms with Gasteiger partial charge in [0, 0.05) is 5.56 Å². The van der Waals surface area contributed by atoms with Crippen molar-refractivity contribution in [2.24, 2.45) is 0 Å². The molecule has 0 aliphatic rings. The number of ether oxygens (including phenoxy) is 1. The third-order valence-electron chi connectivity index (χ3n) is 2.26. The maximum Gasteiger partial charge on any atom is 0.310 e. The van der Waals surface area contributed by atoms with Gasteiger partial charge in [-0.2, -0.15) is 5.26 Å². The van der Waals surface area contributed by atoms with Crippen molar-refractivity contribution >= 4 is 11.8 Å². The van der Waals surface area contributed by atoms with Gasteiger partial charge < -0.3 is 9.84 Å². The Morgan fingerprint density at radius 3 is 2.50 bits per heavy atom. The first-order chi connectivity index (χ1) is 8.58. The molecule has 0 bridgehead atoms. The van der Waals surface area contributed by atoms with Gasteiger partial charge in [0.15, 0.2) is 0 Å². The molecule has 0 aliphatic carbocycles. The highest BCUT2D eigenvalue weighted by Gasteiger charge is 2.16. The van der Waals surface area contributed by atoms with Crippen molar-refractivity contribution in [2.45, 2.75) is 19.4 Å². The molecule has 18 heavy (non-hydrogen) atoms. The van der Waals surface area contributed by atoms with Crippen molar-refractivity contribution in [1.29, 1.82) is 5.26 Å². The Balaban J connectivity index is 2.72. The largest absolute Gasteiger partial charge is 0.466 e. The van der Waals surface area contributed by atoms with Crippen LogP contribution in [0.2, 0.25) is 0 Å². The van der Waals surface area contributed by atoms with Crippen LogP contribution in [0, 0.1) is 11.3 Å². The van der Waals surface area contributed by atoms with E-state index in [-0.39, 0.29) is 18.0 Å². The molecule has 0 saturated heterocycles. The van der Waals surface area contributed by atoms with Crippen molar-refractivity contribution in [3.05, 3.63) is 35.4 Å². The molecule has 0 spiro atoms. The van der Waals surface area contributed by atoms with Gasteiger partial charge >= 0.3 is 5.97 Å². The van der Waals surface area contributed by atoms with Crippen LogP contribution in [0.25, 0.3) is 0 Å². The molecule has 0 aromatic heterocycles. The minimum absolute atomic E-state index is 0.128. The fourth-order valence-corrected chi connectivity index (χ4v) is 1.38. The second-order valence-electron chi connectivity index (χ2n) is 3.57. The zero-order valence-electron chi connectivity index (χ0n) is 9.92. The van der Waals surface area contributed by atoms with Crippen LogP contribution >= 0.6 is 0 Å². The van der Waals surface area contributed by atoms with E-state index in [9.17, 15) is 9.59 Å². The Morgan fingerprint density at radius 1 is 1.39 bits per heavy atom. The third-order valence-corrected chi connectivity index (χ3v) is 2.26. The average Bonchev–Trinajstić information content (AvgIpc) is 2.38. The zero-order valence-corrected chi connectivity index (χ0v) is 9.92. The number of aliphatic hydroxyl groups is 1. The van der Waals surface area contributed by atoms with E-state index in [1.807, 2.05) is 0 Å². The van der Waals surface area contributed by atoms with Crippen LogP contribution in [0.5, 0.6) is 0 Å². The Kier molecular flexibility index (Phi) is 5.03. The standard InChI is InChI=1S/C13H13NO4/c1-2-18-12(16)7-9-3-5-10(6-4-9)13(17)11(15)8-14/h3-6,11,15H,2,7H2,1H3. The average molecular weight is 247 g/mol. The second-order valence-corrected chi connectivity index (χ2v) is 3.57. The first kappa shape index (κ1) is 13.9. The molecule has 0 radical (unpaired) electrons. The van der Waals surface area contributed by atoms with Gasteiger partial charge in [0.2, 0.25) is 11.9 Å². The molecule has 1 atom stereocenters. The van der Waals surface area contributed by atoms with Crippen molar-refractivity contribution < 1.29 is 19.4 Å². The van der Waals surface area contributed by atoms with Crippen LogP contribution in [0.4, 0.5) is 0 Å². The van der Waals surface area contributed by atoms with Crippen LogP contribution in [0.15, 0.2) is 24.3 Å². The van der Waals surface area contributed by atoms with E-state index in [1.165, 1.54) is 18.2 Å². The van der Waals surface area contributed by atoms with Crippen molar-refractivity contribution in [1.82, 2.24) is 0 Å². The SMILES string of the molecule is CCOC(=O)Cc1ccc(C(=O)C(O)C#N)cc1. The number of carbonyl (C=O) groups is 2. The summed E-state index contributed by atoms with van der Waals surface area (Å²) >= 11 is 0. The van der Waals surface area contributed by atoms with Gasteiger partial charge in [-0.25, -0.2) is 0 Å². The molecule has 1 N–H and O–H groups in total. The number of ketones is 1. The number of hydrogen-bond donors (Lipinski definition) is 1. The minimum atomic E-state index is -1.65. The number of esters is 1. The Hall–Kier alpha value is -2.19. The van der Waals surface area contributed by atoms with E-state index >= 15 is 0 Å². The van der Waals surface area contributed by atoms with E-state index < -0.39 is 11.9 Å². The monoisotopic (exact) mass is 247 g/mol. The molecule has 94 valence electrons. The second kappa shape index (κ2) is 6.52. The minimum Gasteiger partial charge on any atom is -0.466 e. The number of nitrogens with zero attached hydrogens (tertiary/aromatic N) is 1. The Bertz CT molecular complexity index is 473. The first-order valence-electron chi connectivity index (χ1n) is 5.45. The topological polar surface area (TPSA) is 87.4 Å². The summed E-state index contributed by atoms with van der Waals surface area (Å²) < 4.78 is 4.79. The van der Waals surface area contributed by atoms with Gasteiger partial charge in [-0.1, -0.05) is 24.3 Å². The summed E-state index contributed by atoms with van der Waals surface area (Å²) in [6, 6.07) is 7.58. The number of nitriles is 1. The maximum atomic E-state index is 11.4. The predicted molar refractivity (Wildman–Crippen MR) is 62.7 cm³/mol. The maximum absolute atomic E-state index is 11.4. The third kappa shape index (κ3) is 3.68. The van der Waals surface area contributed by atoms with Gasteiger partial charge in [-0.15, -0.1) is 0 Å². The smallest absolute Gasteiger partial charge is 0.310 e. The molecule has 1 aromatic carbocycles. The highest BCUT2D eigenvalue weighted by molar-refractivity contribution is 6.00. The van der Waals surface area contributed by atoms with Crippen LogP contribution in [-0.2, 0) is 16.0 Å². The summed E-state index contributed by atoms with van der Waals surface area (Å²) in [5.74, 6) is -0.992. The molecule has 0 amide bonds. The van der Waals surface area contributed by atoms with Crippen LogP contribution < -0.4 is 0 Å². The number of aliphatic hydroxyl groups excluding tert-OH is 1. The van der Waals surface area contributed by atoms with Crippen molar-refractivity contribution in [2.75, 3.05) is 6.61 Å². The molecular weight excluding hydrogens is 234 g/mol. The molecule has 5 heteroatoms. The summed E-state index contributed by atoms with van der Waals surface area (Å²) in [6.45, 7) is 2.05. The van der Waals surface area contributed by atoms with E-state index in [4.69, 9.17) is 15.1 Å². The fourth-order valence-electron chi connectivity index (χ4n) is 1.38. The molecule has 5 nitrogen and oxygen atoms in total. The van der Waals surface area contributed by atoms with Gasteiger partial charge in [0.05, 0.1) is 13.0 Å². The predicted octanol–water partition coefficient (Wildman–Crippen LogP) is 0.859. The van der Waals surface area contributed by atoms with E-state index in [0.29, 0.717) is 12.2 Å². The lowest BCUT2D eigenvalue weighted by atomic mass is 10.0. The summed E-state index contributed by atoms with van der Waals surface area (Å²) in [4.78, 5) is 22.7. The quantitative estimate of drug-likeness (QED) is 0.473. The lowest BCUT2D eigenvalue weighted by Gasteiger charge is -2.04. The molecule has 1 aromatic rings. The number of carbonyl (C=O) groups excluding carboxylic acids is 2. The van der Waals surface area contributed by atoms with Crippen LogP contribution in [0.3, 0.4) is 0 Å². The molecule has 0 fully saturated rings. The lowest BCUT2D eigenvalue weighted by Crippen LogP contribution is -2.18. The highest BCUT2D eigenvalue weighted by atomic mass is 16.5. The first-order valence-corrected chi connectivity index (χ1v) is 5.45. The summed E-state index contributed by atoms with van der Waals surface area (Å²) in [5, 5.41) is 17.5. The molecule has 0 saturated carbocycles. The summed E-state index contributed by atoms with van der Waals surface area (Å²) in [5.41, 5.74) is 0.938. The lowest BCUT2D eigenvalue weighted by molar-refractivity contribution is -0.142. The number of benzene rings is 1. The Labute approximate surface area is 105 Å². The van der Waals surface area contributed by atoms with Gasteiger partial charge in [0.25, 0.3) is 0 Å². The molecule has 0 aliphatic heterocycles. The molecule has 1 unspecified atom stereocenters. The van der Waals surface area contributed by atoms with Gasteiger partial charge in [-0.05, 0) is 12.5 Å². The zero-order chi connectivity index (χ0) is 13.5. The Morgan fingerprint density at radius 2 is 2.00 bits per heavy atom. The molecule has 0 heterocycles. The normalized spacial score (nSPS) is 11.4. The van der Waals surface area contributed by atoms with Crippen molar-refractivity contribution in [3.63, 3.8) is 0 Å². The van der Waals surface area contributed by atoms with E-state index in [2.05, 4.69) is 0 Å². The van der Waals surface area contributed by atoms with Crippen LogP contribution in [0.1, 0.15) is 22.8 Å². The summed E-state index contributed by atoms with van der Waals surface area (Å²) in [6.07, 6.45) is -1.52. The molecular formula is C13H13NO4. The van der Waals surface area contributed by atoms with E-state index in [0.717, 1.165) is 0 Å². The number of rotatable bonds is 5. The van der Waals surface area contributed by atoms with Crippen molar-refractivity contribution in [3.8, 4) is 6.07 Å². The fraction of sp³-hybridized carbons (Fsp3) is 0.308. The van der Waals surface area contributed by atoms with Gasteiger partial charge in [-0.3, -0.25) is 9.59 Å². The number of Topliss-reactive ketones (excluding diaryl/α,β-unsaturated/α-hetero) is 1. The van der Waals surface area contributed by atoms with E-state index in [1.54, 1.807) is 19.1 Å².